The molecule has 11 heteroatoms. The third-order valence-electron chi connectivity index (χ3n) is 4.86. The maximum absolute atomic E-state index is 12.7. The third-order valence-corrected chi connectivity index (χ3v) is 6.94. The number of nitrogens with zero attached hydrogens (tertiary/aromatic N) is 1. The van der Waals surface area contributed by atoms with Crippen molar-refractivity contribution in [3.63, 3.8) is 0 Å². The smallest absolute Gasteiger partial charge is 0.326 e. The Bertz CT molecular complexity index is 1170. The molecule has 0 bridgehead atoms. The second-order valence-electron chi connectivity index (χ2n) is 7.40. The topological polar surface area (TPSA) is 82.1 Å². The van der Waals surface area contributed by atoms with Gasteiger partial charge >= 0.3 is 5.97 Å². The number of esters is 1. The molecule has 1 aliphatic heterocycles. The minimum absolute atomic E-state index is 0.178. The number of hydrogen-bond donors (Lipinski definition) is 0. The van der Waals surface area contributed by atoms with E-state index in [0.29, 0.717) is 31.6 Å². The molecule has 0 spiro atoms. The Morgan fingerprint density at radius 3 is 2.66 bits per heavy atom. The van der Waals surface area contributed by atoms with E-state index in [4.69, 9.17) is 37.4 Å². The monoisotopic (exact) mass is 601 g/mol. The van der Waals surface area contributed by atoms with Gasteiger partial charge in [-0.3, -0.25) is 19.3 Å². The molecule has 7 nitrogen and oxygen atoms in total. The molecule has 2 aromatic rings. The predicted octanol–water partition coefficient (Wildman–Crippen LogP) is 6.72. The molecule has 0 aliphatic carbocycles. The molecule has 1 saturated heterocycles. The number of ether oxygens (including phenoxy) is 3. The van der Waals surface area contributed by atoms with E-state index in [9.17, 15) is 14.4 Å². The number of benzene rings is 2. The minimum Gasteiger partial charge on any atom is -0.493 e. The molecule has 0 aromatic heterocycles. The molecule has 2 aromatic carbocycles. The molecule has 0 unspecified atom stereocenters. The Balaban J connectivity index is 1.74. The predicted molar refractivity (Wildman–Crippen MR) is 140 cm³/mol. The Kier molecular flexibility index (Phi) is 9.91. The average Bonchev–Trinajstić information content (AvgIpc) is 3.06. The van der Waals surface area contributed by atoms with Gasteiger partial charge in [0.2, 0.25) is 0 Å². The van der Waals surface area contributed by atoms with Gasteiger partial charge in [-0.15, -0.1) is 0 Å². The van der Waals surface area contributed by atoms with Crippen molar-refractivity contribution < 1.29 is 28.6 Å². The third kappa shape index (κ3) is 7.16. The maximum atomic E-state index is 12.7. The fourth-order valence-electron chi connectivity index (χ4n) is 3.04. The van der Waals surface area contributed by atoms with Gasteiger partial charge in [0.25, 0.3) is 11.1 Å². The first-order chi connectivity index (χ1) is 16.7. The van der Waals surface area contributed by atoms with Crippen LogP contribution in [-0.2, 0) is 20.9 Å². The second kappa shape index (κ2) is 12.7. The van der Waals surface area contributed by atoms with Gasteiger partial charge in [-0.2, -0.15) is 0 Å². The minimum atomic E-state index is -0.617. The van der Waals surface area contributed by atoms with E-state index in [1.54, 1.807) is 36.4 Å². The summed E-state index contributed by atoms with van der Waals surface area (Å²) in [7, 11) is 1.49. The van der Waals surface area contributed by atoms with Gasteiger partial charge in [-0.25, -0.2) is 0 Å². The fraction of sp³-hybridized carbons (Fsp3) is 0.292. The van der Waals surface area contributed by atoms with Gasteiger partial charge in [0.1, 0.15) is 13.2 Å². The number of carbonyl (C=O) groups excluding carboxylic acids is 3. The van der Waals surface area contributed by atoms with Crippen LogP contribution < -0.4 is 9.47 Å². The molecule has 2 amide bonds. The zero-order valence-electron chi connectivity index (χ0n) is 18.9. The number of halogens is 3. The molecule has 0 N–H and O–H groups in total. The van der Waals surface area contributed by atoms with Crippen molar-refractivity contribution in [3.8, 4) is 11.5 Å². The number of hydrogen-bond acceptors (Lipinski definition) is 7. The Morgan fingerprint density at radius 2 is 1.97 bits per heavy atom. The first-order valence-corrected chi connectivity index (χ1v) is 12.9. The standard InChI is InChI=1S/C24H22BrCl2NO6S/c1-3-4-7-33-21(29)12-28-23(30)20(35-24(28)31)10-14-8-17(25)22(19(9-14)32-2)34-13-15-5-6-16(26)11-18(15)27/h5-6,8-11H,3-4,7,12-13H2,1-2H3/b20-10+. The first kappa shape index (κ1) is 27.4. The summed E-state index contributed by atoms with van der Waals surface area (Å²) < 4.78 is 17.0. The molecule has 1 aliphatic rings. The number of imide groups is 1. The van der Waals surface area contributed by atoms with Gasteiger partial charge in [-0.05, 0) is 70.0 Å². The largest absolute Gasteiger partial charge is 0.493 e. The number of thioether (sulfide) groups is 1. The number of carbonyl (C=O) groups is 3. The summed E-state index contributed by atoms with van der Waals surface area (Å²) in [6.07, 6.45) is 3.15. The SMILES string of the molecule is CCCCOC(=O)CN1C(=O)S/C(=C/c2cc(Br)c(OCc3ccc(Cl)cc3Cl)c(OC)c2)C1=O. The van der Waals surface area contributed by atoms with Crippen LogP contribution in [0.5, 0.6) is 11.5 Å². The quantitative estimate of drug-likeness (QED) is 0.169. The van der Waals surface area contributed by atoms with E-state index in [0.717, 1.165) is 35.1 Å². The molecule has 186 valence electrons. The summed E-state index contributed by atoms with van der Waals surface area (Å²) in [6, 6.07) is 8.54. The summed E-state index contributed by atoms with van der Waals surface area (Å²) in [4.78, 5) is 38.1. The molecule has 3 rings (SSSR count). The number of unbranched alkanes of at least 4 members (excludes halogenated alkanes) is 1. The van der Waals surface area contributed by atoms with Crippen molar-refractivity contribution >= 4 is 74.1 Å². The van der Waals surface area contributed by atoms with Crippen molar-refractivity contribution in [2.75, 3.05) is 20.3 Å². The van der Waals surface area contributed by atoms with Crippen molar-refractivity contribution in [2.24, 2.45) is 0 Å². The lowest BCUT2D eigenvalue weighted by molar-refractivity contribution is -0.146. The molecule has 35 heavy (non-hydrogen) atoms. The van der Waals surface area contributed by atoms with E-state index >= 15 is 0 Å². The van der Waals surface area contributed by atoms with E-state index in [1.165, 1.54) is 7.11 Å². The molecule has 0 saturated carbocycles. The van der Waals surface area contributed by atoms with Crippen LogP contribution in [0.1, 0.15) is 30.9 Å². The van der Waals surface area contributed by atoms with Crippen LogP contribution in [0.15, 0.2) is 39.7 Å². The van der Waals surface area contributed by atoms with E-state index in [1.807, 2.05) is 6.92 Å². The summed E-state index contributed by atoms with van der Waals surface area (Å²) in [5.74, 6) is -0.318. The highest BCUT2D eigenvalue weighted by Crippen LogP contribution is 2.39. The second-order valence-corrected chi connectivity index (χ2v) is 10.1. The maximum Gasteiger partial charge on any atom is 0.326 e. The van der Waals surface area contributed by atoms with Crippen molar-refractivity contribution in [1.29, 1.82) is 0 Å². The van der Waals surface area contributed by atoms with Crippen molar-refractivity contribution in [2.45, 2.75) is 26.4 Å². The summed E-state index contributed by atoms with van der Waals surface area (Å²) in [6.45, 7) is 1.99. The molecular formula is C24H22BrCl2NO6S. The number of methoxy groups -OCH3 is 1. The van der Waals surface area contributed by atoms with Crippen LogP contribution in [-0.4, -0.2) is 42.3 Å². The lowest BCUT2D eigenvalue weighted by Crippen LogP contribution is -2.34. The highest BCUT2D eigenvalue weighted by molar-refractivity contribution is 9.10. The van der Waals surface area contributed by atoms with Crippen LogP contribution in [0.4, 0.5) is 4.79 Å². The summed E-state index contributed by atoms with van der Waals surface area (Å²) in [5, 5.41) is 0.480. The van der Waals surface area contributed by atoms with E-state index in [2.05, 4.69) is 15.9 Å². The van der Waals surface area contributed by atoms with Crippen LogP contribution in [0.2, 0.25) is 10.0 Å². The fourth-order valence-corrected chi connectivity index (χ4v) is 4.92. The van der Waals surface area contributed by atoms with Crippen LogP contribution in [0.25, 0.3) is 6.08 Å². The van der Waals surface area contributed by atoms with Gasteiger partial charge in [0, 0.05) is 15.6 Å². The molecule has 1 heterocycles. The average molecular weight is 603 g/mol. The Morgan fingerprint density at radius 1 is 1.20 bits per heavy atom. The van der Waals surface area contributed by atoms with Crippen molar-refractivity contribution in [3.05, 3.63) is 60.9 Å². The zero-order valence-corrected chi connectivity index (χ0v) is 22.9. The van der Waals surface area contributed by atoms with Crippen LogP contribution in [0.3, 0.4) is 0 Å². The molecular weight excluding hydrogens is 581 g/mol. The van der Waals surface area contributed by atoms with E-state index < -0.39 is 23.7 Å². The highest BCUT2D eigenvalue weighted by Gasteiger charge is 2.36. The van der Waals surface area contributed by atoms with Gasteiger partial charge in [-0.1, -0.05) is 42.6 Å². The van der Waals surface area contributed by atoms with Crippen LogP contribution in [0, 0.1) is 0 Å². The van der Waals surface area contributed by atoms with Crippen molar-refractivity contribution in [1.82, 2.24) is 4.90 Å². The van der Waals surface area contributed by atoms with Gasteiger partial charge < -0.3 is 14.2 Å². The molecule has 0 radical (unpaired) electrons. The van der Waals surface area contributed by atoms with E-state index in [-0.39, 0.29) is 18.1 Å². The Labute approximate surface area is 225 Å². The summed E-state index contributed by atoms with van der Waals surface area (Å²) in [5.41, 5.74) is 1.35. The van der Waals surface area contributed by atoms with Crippen LogP contribution >= 0.6 is 50.9 Å². The normalized spacial score (nSPS) is 14.5. The lowest BCUT2D eigenvalue weighted by Gasteiger charge is -2.14. The summed E-state index contributed by atoms with van der Waals surface area (Å²) >= 11 is 16.4. The Hall–Kier alpha value is -2.20. The molecule has 1 fully saturated rings. The van der Waals surface area contributed by atoms with Gasteiger partial charge in [0.15, 0.2) is 11.5 Å². The lowest BCUT2D eigenvalue weighted by atomic mass is 10.1. The zero-order chi connectivity index (χ0) is 25.5. The molecule has 0 atom stereocenters. The number of amides is 2. The highest BCUT2D eigenvalue weighted by atomic mass is 79.9. The number of rotatable bonds is 10. The van der Waals surface area contributed by atoms with Gasteiger partial charge in [0.05, 0.1) is 23.1 Å². The first-order valence-electron chi connectivity index (χ1n) is 10.6.